The van der Waals surface area contributed by atoms with Crippen LogP contribution in [0, 0.1) is 5.92 Å². The second-order valence-corrected chi connectivity index (χ2v) is 8.99. The van der Waals surface area contributed by atoms with Gasteiger partial charge in [0.2, 0.25) is 5.91 Å². The summed E-state index contributed by atoms with van der Waals surface area (Å²) < 4.78 is 2.06. The van der Waals surface area contributed by atoms with E-state index in [2.05, 4.69) is 46.9 Å². The summed E-state index contributed by atoms with van der Waals surface area (Å²) in [5, 5.41) is 16.6. The first kappa shape index (κ1) is 19.1. The molecular formula is C18H22N4OS3. The number of rotatable bonds is 8. The van der Waals surface area contributed by atoms with E-state index in [-0.39, 0.29) is 11.9 Å². The average Bonchev–Trinajstić information content (AvgIpc) is 3.38. The van der Waals surface area contributed by atoms with Gasteiger partial charge in [-0.2, -0.15) is 0 Å². The molecule has 0 aliphatic carbocycles. The highest BCUT2D eigenvalue weighted by atomic mass is 32.2. The molecule has 1 N–H and O–H groups in total. The summed E-state index contributed by atoms with van der Waals surface area (Å²) in [7, 11) is 0. The van der Waals surface area contributed by atoms with Crippen LogP contribution in [0.15, 0.2) is 40.2 Å². The van der Waals surface area contributed by atoms with Crippen LogP contribution in [0.4, 0.5) is 0 Å². The number of hydrogen-bond donors (Lipinski definition) is 1. The third-order valence-electron chi connectivity index (χ3n) is 3.94. The van der Waals surface area contributed by atoms with Gasteiger partial charge in [-0.3, -0.25) is 4.79 Å². The summed E-state index contributed by atoms with van der Waals surface area (Å²) >= 11 is 4.75. The summed E-state index contributed by atoms with van der Waals surface area (Å²) in [6.45, 7) is 7.09. The molecule has 0 bridgehead atoms. The fourth-order valence-corrected chi connectivity index (χ4v) is 5.13. The molecule has 0 aliphatic heterocycles. The predicted octanol–water partition coefficient (Wildman–Crippen LogP) is 4.69. The maximum absolute atomic E-state index is 12.5. The Morgan fingerprint density at radius 2 is 2.00 bits per heavy atom. The van der Waals surface area contributed by atoms with Crippen molar-refractivity contribution in [2.24, 2.45) is 5.92 Å². The second kappa shape index (κ2) is 8.83. The summed E-state index contributed by atoms with van der Waals surface area (Å²) in [5.41, 5.74) is 0. The van der Waals surface area contributed by atoms with Crippen molar-refractivity contribution in [3.05, 3.63) is 39.9 Å². The number of aromatic nitrogens is 3. The zero-order chi connectivity index (χ0) is 18.5. The van der Waals surface area contributed by atoms with E-state index < -0.39 is 0 Å². The Morgan fingerprint density at radius 3 is 2.62 bits per heavy atom. The van der Waals surface area contributed by atoms with Gasteiger partial charge in [-0.1, -0.05) is 37.7 Å². The number of thiophene rings is 2. The number of nitrogens with one attached hydrogen (secondary N) is 1. The zero-order valence-electron chi connectivity index (χ0n) is 15.0. The predicted molar refractivity (Wildman–Crippen MR) is 110 cm³/mol. The second-order valence-electron chi connectivity index (χ2n) is 6.12. The summed E-state index contributed by atoms with van der Waals surface area (Å²) in [4.78, 5) is 14.8. The highest BCUT2D eigenvalue weighted by Gasteiger charge is 2.20. The lowest BCUT2D eigenvalue weighted by Gasteiger charge is -2.21. The molecule has 3 aromatic rings. The molecule has 1 unspecified atom stereocenters. The molecule has 0 saturated heterocycles. The molecule has 3 rings (SSSR count). The lowest BCUT2D eigenvalue weighted by molar-refractivity contribution is -0.119. The van der Waals surface area contributed by atoms with Crippen molar-refractivity contribution in [2.45, 2.75) is 38.5 Å². The molecule has 8 heteroatoms. The van der Waals surface area contributed by atoms with Gasteiger partial charge in [0, 0.05) is 11.4 Å². The van der Waals surface area contributed by atoms with Crippen LogP contribution in [0.25, 0.3) is 10.7 Å². The molecule has 0 aliphatic rings. The monoisotopic (exact) mass is 406 g/mol. The van der Waals surface area contributed by atoms with Crippen molar-refractivity contribution in [1.82, 2.24) is 20.1 Å². The highest BCUT2D eigenvalue weighted by molar-refractivity contribution is 7.99. The van der Waals surface area contributed by atoms with Gasteiger partial charge in [0.15, 0.2) is 11.0 Å². The van der Waals surface area contributed by atoms with Crippen LogP contribution in [0.5, 0.6) is 0 Å². The first-order valence-corrected chi connectivity index (χ1v) is 11.3. The van der Waals surface area contributed by atoms with E-state index in [0.29, 0.717) is 11.7 Å². The summed E-state index contributed by atoms with van der Waals surface area (Å²) in [6, 6.07) is 8.19. The van der Waals surface area contributed by atoms with E-state index in [9.17, 15) is 4.79 Å². The van der Waals surface area contributed by atoms with Gasteiger partial charge in [0.1, 0.15) is 0 Å². The number of hydrogen-bond acceptors (Lipinski definition) is 6. The Morgan fingerprint density at radius 1 is 1.23 bits per heavy atom. The van der Waals surface area contributed by atoms with Gasteiger partial charge in [0.25, 0.3) is 0 Å². The molecular weight excluding hydrogens is 384 g/mol. The number of nitrogens with zero attached hydrogens (tertiary/aromatic N) is 3. The zero-order valence-corrected chi connectivity index (χ0v) is 17.5. The van der Waals surface area contributed by atoms with Gasteiger partial charge in [0.05, 0.1) is 16.7 Å². The molecule has 0 aromatic carbocycles. The molecule has 5 nitrogen and oxygen atoms in total. The number of amides is 1. The summed E-state index contributed by atoms with van der Waals surface area (Å²) in [6.07, 6.45) is 0. The molecule has 1 atom stereocenters. The van der Waals surface area contributed by atoms with E-state index in [0.717, 1.165) is 22.4 Å². The largest absolute Gasteiger partial charge is 0.347 e. The molecule has 0 spiro atoms. The average molecular weight is 407 g/mol. The maximum Gasteiger partial charge on any atom is 0.230 e. The van der Waals surface area contributed by atoms with Gasteiger partial charge >= 0.3 is 0 Å². The van der Waals surface area contributed by atoms with Gasteiger partial charge < -0.3 is 9.88 Å². The SMILES string of the molecule is CCn1c(SCC(=O)NC(c2cccs2)C(C)C)nnc1-c1cccs1. The normalized spacial score (nSPS) is 12.5. The summed E-state index contributed by atoms with van der Waals surface area (Å²) in [5.74, 6) is 1.55. The van der Waals surface area contributed by atoms with Crippen molar-refractivity contribution in [3.8, 4) is 10.7 Å². The van der Waals surface area contributed by atoms with E-state index in [1.807, 2.05) is 29.0 Å². The van der Waals surface area contributed by atoms with Crippen LogP contribution in [0.3, 0.4) is 0 Å². The molecule has 0 fully saturated rings. The maximum atomic E-state index is 12.5. The Hall–Kier alpha value is -1.64. The minimum atomic E-state index is 0.0189. The van der Waals surface area contributed by atoms with E-state index >= 15 is 0 Å². The van der Waals surface area contributed by atoms with E-state index in [1.54, 1.807) is 22.7 Å². The minimum absolute atomic E-state index is 0.0189. The van der Waals surface area contributed by atoms with Crippen LogP contribution >= 0.6 is 34.4 Å². The van der Waals surface area contributed by atoms with Crippen molar-refractivity contribution in [1.29, 1.82) is 0 Å². The van der Waals surface area contributed by atoms with E-state index in [1.165, 1.54) is 16.6 Å². The standard InChI is InChI=1S/C18H22N4OS3/c1-4-22-17(14-8-6-10-25-14)20-21-18(22)26-11-15(23)19-16(12(2)3)13-7-5-9-24-13/h5-10,12,16H,4,11H2,1-3H3,(H,19,23). The van der Waals surface area contributed by atoms with Crippen LogP contribution in [0.1, 0.15) is 31.7 Å². The Labute approximate surface area is 165 Å². The molecule has 3 heterocycles. The van der Waals surface area contributed by atoms with Crippen LogP contribution < -0.4 is 5.32 Å². The van der Waals surface area contributed by atoms with Gasteiger partial charge in [-0.05, 0) is 35.7 Å². The van der Waals surface area contributed by atoms with Crippen LogP contribution in [-0.2, 0) is 11.3 Å². The van der Waals surface area contributed by atoms with Crippen molar-refractivity contribution < 1.29 is 4.79 Å². The number of carbonyl (C=O) groups excluding carboxylic acids is 1. The lowest BCUT2D eigenvalue weighted by atomic mass is 10.0. The quantitative estimate of drug-likeness (QED) is 0.551. The van der Waals surface area contributed by atoms with Crippen molar-refractivity contribution in [3.63, 3.8) is 0 Å². The lowest BCUT2D eigenvalue weighted by Crippen LogP contribution is -2.32. The van der Waals surface area contributed by atoms with Crippen LogP contribution in [-0.4, -0.2) is 26.4 Å². The first-order chi connectivity index (χ1) is 12.6. The smallest absolute Gasteiger partial charge is 0.230 e. The molecule has 0 radical (unpaired) electrons. The molecule has 1 amide bonds. The molecule has 3 aromatic heterocycles. The van der Waals surface area contributed by atoms with Crippen molar-refractivity contribution >= 4 is 40.3 Å². The highest BCUT2D eigenvalue weighted by Crippen LogP contribution is 2.28. The fourth-order valence-electron chi connectivity index (χ4n) is 2.65. The molecule has 138 valence electrons. The molecule has 26 heavy (non-hydrogen) atoms. The third kappa shape index (κ3) is 4.36. The Bertz CT molecular complexity index is 825. The van der Waals surface area contributed by atoms with Crippen molar-refractivity contribution in [2.75, 3.05) is 5.75 Å². The van der Waals surface area contributed by atoms with Gasteiger partial charge in [-0.15, -0.1) is 32.9 Å². The number of carbonyl (C=O) groups is 1. The van der Waals surface area contributed by atoms with Gasteiger partial charge in [-0.25, -0.2) is 0 Å². The fraction of sp³-hybridized carbons (Fsp3) is 0.389. The number of thioether (sulfide) groups is 1. The first-order valence-electron chi connectivity index (χ1n) is 8.52. The minimum Gasteiger partial charge on any atom is -0.347 e. The Kier molecular flexibility index (Phi) is 6.50. The Balaban J connectivity index is 1.64. The third-order valence-corrected chi connectivity index (χ3v) is 6.73. The van der Waals surface area contributed by atoms with E-state index in [4.69, 9.17) is 0 Å². The van der Waals surface area contributed by atoms with Crippen LogP contribution in [0.2, 0.25) is 0 Å². The molecule has 0 saturated carbocycles. The topological polar surface area (TPSA) is 59.8 Å².